The number of rotatable bonds is 4. The molecule has 1 heterocycles. The van der Waals surface area contributed by atoms with Crippen molar-refractivity contribution in [3.63, 3.8) is 0 Å². The van der Waals surface area contributed by atoms with Crippen molar-refractivity contribution in [3.8, 4) is 0 Å². The molecule has 0 fully saturated rings. The molecule has 0 aliphatic rings. The van der Waals surface area contributed by atoms with Crippen molar-refractivity contribution in [2.45, 2.75) is 32.0 Å². The molecule has 0 saturated carbocycles. The normalized spacial score (nSPS) is 16.1. The molecule has 1 rings (SSSR count). The van der Waals surface area contributed by atoms with Crippen LogP contribution in [0.3, 0.4) is 0 Å². The molecule has 0 aliphatic heterocycles. The molecule has 13 heavy (non-hydrogen) atoms. The highest BCUT2D eigenvalue weighted by Gasteiger charge is 2.19. The molecule has 0 N–H and O–H groups in total. The van der Waals surface area contributed by atoms with Gasteiger partial charge in [0.05, 0.1) is 5.01 Å². The van der Waals surface area contributed by atoms with Crippen molar-refractivity contribution in [1.82, 2.24) is 4.98 Å². The fraction of sp³-hybridized carbons (Fsp3) is 0.700. The number of hydrogen-bond acceptors (Lipinski definition) is 2. The molecule has 2 atom stereocenters. The van der Waals surface area contributed by atoms with Gasteiger partial charge in [0.25, 0.3) is 0 Å². The molecule has 74 valence electrons. The molecule has 0 radical (unpaired) electrons. The van der Waals surface area contributed by atoms with Crippen molar-refractivity contribution >= 4 is 27.3 Å². The van der Waals surface area contributed by atoms with E-state index in [0.29, 0.717) is 16.7 Å². The topological polar surface area (TPSA) is 12.9 Å². The van der Waals surface area contributed by atoms with Gasteiger partial charge in [-0.3, -0.25) is 0 Å². The predicted octanol–water partition coefficient (Wildman–Crippen LogP) is 3.74. The maximum atomic E-state index is 4.32. The van der Waals surface area contributed by atoms with Gasteiger partial charge < -0.3 is 0 Å². The van der Waals surface area contributed by atoms with E-state index in [1.165, 1.54) is 5.01 Å². The smallest absolute Gasteiger partial charge is 0.0928 e. The molecule has 0 amide bonds. The van der Waals surface area contributed by atoms with Gasteiger partial charge >= 0.3 is 0 Å². The largest absolute Gasteiger partial charge is 0.250 e. The van der Waals surface area contributed by atoms with E-state index in [2.05, 4.69) is 41.7 Å². The average molecular weight is 262 g/mol. The van der Waals surface area contributed by atoms with Crippen LogP contribution in [0.2, 0.25) is 0 Å². The Bertz CT molecular complexity index is 223. The van der Waals surface area contributed by atoms with Crippen LogP contribution < -0.4 is 0 Å². The molecule has 3 heteroatoms. The summed E-state index contributed by atoms with van der Waals surface area (Å²) in [4.78, 5) is 4.88. The van der Waals surface area contributed by atoms with Crippen LogP contribution in [0.1, 0.15) is 25.8 Å². The Morgan fingerprint density at radius 2 is 2.15 bits per heavy atom. The van der Waals surface area contributed by atoms with Gasteiger partial charge in [0.15, 0.2) is 0 Å². The van der Waals surface area contributed by atoms with Gasteiger partial charge in [-0.2, -0.15) is 0 Å². The highest BCUT2D eigenvalue weighted by atomic mass is 79.9. The Morgan fingerprint density at radius 1 is 1.46 bits per heavy atom. The van der Waals surface area contributed by atoms with E-state index in [4.69, 9.17) is 0 Å². The van der Waals surface area contributed by atoms with Crippen LogP contribution >= 0.6 is 27.3 Å². The summed E-state index contributed by atoms with van der Waals surface area (Å²) in [6.07, 6.45) is 2.98. The number of aromatic nitrogens is 1. The Balaban J connectivity index is 2.58. The van der Waals surface area contributed by atoms with Crippen LogP contribution in [0.5, 0.6) is 0 Å². The first-order valence-corrected chi connectivity index (χ1v) is 6.43. The first kappa shape index (κ1) is 11.2. The number of nitrogens with zero attached hydrogens (tertiary/aromatic N) is 1. The summed E-state index contributed by atoms with van der Waals surface area (Å²) < 4.78 is 0. The molecule has 1 aromatic rings. The van der Waals surface area contributed by atoms with E-state index in [9.17, 15) is 0 Å². The van der Waals surface area contributed by atoms with Crippen molar-refractivity contribution in [3.05, 3.63) is 16.6 Å². The SMILES string of the molecule is CC(C)C(Cc1nccs1)C(C)Br. The number of thiazole rings is 1. The van der Waals surface area contributed by atoms with Gasteiger partial charge in [-0.25, -0.2) is 4.98 Å². The molecular formula is C10H16BrNS. The molecule has 0 saturated heterocycles. The Kier molecular flexibility index (Phi) is 4.39. The highest BCUT2D eigenvalue weighted by molar-refractivity contribution is 9.09. The fourth-order valence-electron chi connectivity index (χ4n) is 1.48. The molecule has 0 bridgehead atoms. The number of alkyl halides is 1. The van der Waals surface area contributed by atoms with Gasteiger partial charge in [-0.1, -0.05) is 36.7 Å². The first-order valence-electron chi connectivity index (χ1n) is 4.63. The Labute approximate surface area is 92.7 Å². The van der Waals surface area contributed by atoms with Crippen molar-refractivity contribution in [2.24, 2.45) is 11.8 Å². The van der Waals surface area contributed by atoms with Crippen LogP contribution in [-0.4, -0.2) is 9.81 Å². The third-order valence-electron chi connectivity index (χ3n) is 2.34. The zero-order valence-corrected chi connectivity index (χ0v) is 10.7. The summed E-state index contributed by atoms with van der Waals surface area (Å²) >= 11 is 5.42. The van der Waals surface area contributed by atoms with E-state index in [1.807, 2.05) is 11.6 Å². The summed E-state index contributed by atoms with van der Waals surface area (Å²) in [5, 5.41) is 3.30. The van der Waals surface area contributed by atoms with Crippen LogP contribution in [0.4, 0.5) is 0 Å². The van der Waals surface area contributed by atoms with Crippen molar-refractivity contribution in [2.75, 3.05) is 0 Å². The van der Waals surface area contributed by atoms with Crippen LogP contribution in [0, 0.1) is 11.8 Å². The van der Waals surface area contributed by atoms with Crippen LogP contribution in [-0.2, 0) is 6.42 Å². The minimum Gasteiger partial charge on any atom is -0.250 e. The lowest BCUT2D eigenvalue weighted by atomic mass is 9.90. The van der Waals surface area contributed by atoms with Crippen molar-refractivity contribution < 1.29 is 0 Å². The molecule has 2 unspecified atom stereocenters. The molecule has 1 nitrogen and oxygen atoms in total. The van der Waals surface area contributed by atoms with E-state index in [-0.39, 0.29) is 0 Å². The summed E-state index contributed by atoms with van der Waals surface area (Å²) in [6.45, 7) is 6.77. The van der Waals surface area contributed by atoms with Gasteiger partial charge in [0.1, 0.15) is 0 Å². The lowest BCUT2D eigenvalue weighted by Gasteiger charge is -2.22. The molecule has 0 aromatic carbocycles. The van der Waals surface area contributed by atoms with E-state index in [0.717, 1.165) is 6.42 Å². The van der Waals surface area contributed by atoms with Gasteiger partial charge in [-0.05, 0) is 11.8 Å². The van der Waals surface area contributed by atoms with E-state index >= 15 is 0 Å². The third-order valence-corrected chi connectivity index (χ3v) is 3.82. The molecule has 0 spiro atoms. The molecule has 1 aromatic heterocycles. The summed E-state index contributed by atoms with van der Waals surface area (Å²) in [7, 11) is 0. The van der Waals surface area contributed by atoms with Crippen molar-refractivity contribution in [1.29, 1.82) is 0 Å². The molecule has 0 aliphatic carbocycles. The fourth-order valence-corrected chi connectivity index (χ4v) is 2.97. The van der Waals surface area contributed by atoms with Gasteiger partial charge in [0, 0.05) is 22.8 Å². The second-order valence-electron chi connectivity index (χ2n) is 3.72. The maximum absolute atomic E-state index is 4.32. The van der Waals surface area contributed by atoms with Gasteiger partial charge in [-0.15, -0.1) is 11.3 Å². The number of hydrogen-bond donors (Lipinski definition) is 0. The minimum atomic E-state index is 0.566. The lowest BCUT2D eigenvalue weighted by molar-refractivity contribution is 0.383. The Hall–Kier alpha value is 0.110. The lowest BCUT2D eigenvalue weighted by Crippen LogP contribution is -2.20. The second kappa shape index (κ2) is 5.11. The van der Waals surface area contributed by atoms with Gasteiger partial charge in [0.2, 0.25) is 0 Å². The second-order valence-corrected chi connectivity index (χ2v) is 6.14. The first-order chi connectivity index (χ1) is 6.11. The highest BCUT2D eigenvalue weighted by Crippen LogP contribution is 2.25. The summed E-state index contributed by atoms with van der Waals surface area (Å²) in [5.74, 6) is 1.39. The Morgan fingerprint density at radius 3 is 2.54 bits per heavy atom. The van der Waals surface area contributed by atoms with E-state index < -0.39 is 0 Å². The standard InChI is InChI=1S/C10H16BrNS/c1-7(2)9(8(3)11)6-10-12-4-5-13-10/h4-5,7-9H,6H2,1-3H3. The third kappa shape index (κ3) is 3.39. The average Bonchev–Trinajstić information content (AvgIpc) is 2.50. The molecular weight excluding hydrogens is 246 g/mol. The summed E-state index contributed by atoms with van der Waals surface area (Å²) in [5.41, 5.74) is 0. The minimum absolute atomic E-state index is 0.566. The number of halogens is 1. The quantitative estimate of drug-likeness (QED) is 0.753. The maximum Gasteiger partial charge on any atom is 0.0928 e. The van der Waals surface area contributed by atoms with Crippen LogP contribution in [0.25, 0.3) is 0 Å². The zero-order chi connectivity index (χ0) is 9.84. The van der Waals surface area contributed by atoms with Crippen LogP contribution in [0.15, 0.2) is 11.6 Å². The predicted molar refractivity (Wildman–Crippen MR) is 62.5 cm³/mol. The van der Waals surface area contributed by atoms with E-state index in [1.54, 1.807) is 11.3 Å². The summed E-state index contributed by atoms with van der Waals surface area (Å²) in [6, 6.07) is 0. The zero-order valence-electron chi connectivity index (χ0n) is 8.33. The monoisotopic (exact) mass is 261 g/mol.